The van der Waals surface area contributed by atoms with Crippen LogP contribution in [0.5, 0.6) is 0 Å². The van der Waals surface area contributed by atoms with E-state index in [1.54, 1.807) is 36.8 Å². The number of nitrogens with one attached hydrogen (secondary N) is 3. The van der Waals surface area contributed by atoms with Gasteiger partial charge in [-0.3, -0.25) is 9.79 Å². The number of guanidine groups is 1. The first-order valence-corrected chi connectivity index (χ1v) is 11.6. The number of hydrogen-bond acceptors (Lipinski definition) is 5. The van der Waals surface area contributed by atoms with Crippen molar-refractivity contribution < 1.29 is 4.79 Å². The number of rotatable bonds is 8. The molecule has 0 aliphatic heterocycles. The van der Waals surface area contributed by atoms with Crippen LogP contribution in [-0.2, 0) is 12.8 Å². The van der Waals surface area contributed by atoms with E-state index in [9.17, 15) is 4.79 Å². The number of carbonyl (C=O) groups excluding carboxylic acids is 1. The first kappa shape index (κ1) is 25.3. The lowest BCUT2D eigenvalue weighted by Gasteiger charge is -2.12. The van der Waals surface area contributed by atoms with Crippen LogP contribution in [0.2, 0.25) is 0 Å². The molecule has 2 heterocycles. The van der Waals surface area contributed by atoms with Crippen LogP contribution in [0.1, 0.15) is 25.8 Å². The number of aromatic nitrogens is 1. The molecule has 0 aliphatic carbocycles. The number of benzene rings is 1. The molecule has 0 spiro atoms. The molecular formula is C22H28IN5OS2. The number of aliphatic imine (C=N–C) groups is 1. The van der Waals surface area contributed by atoms with Crippen molar-refractivity contribution in [3.63, 3.8) is 0 Å². The van der Waals surface area contributed by atoms with E-state index in [-0.39, 0.29) is 29.9 Å². The quantitative estimate of drug-likeness (QED) is 0.217. The maximum Gasteiger partial charge on any atom is 0.251 e. The third-order valence-electron chi connectivity index (χ3n) is 4.54. The molecule has 6 nitrogen and oxygen atoms in total. The van der Waals surface area contributed by atoms with E-state index in [0.29, 0.717) is 5.56 Å². The smallest absolute Gasteiger partial charge is 0.251 e. The van der Waals surface area contributed by atoms with Gasteiger partial charge in [0.05, 0.1) is 15.6 Å². The van der Waals surface area contributed by atoms with Crippen molar-refractivity contribution in [2.75, 3.05) is 27.2 Å². The Labute approximate surface area is 208 Å². The Balaban J connectivity index is 0.00000341. The number of thiophene rings is 1. The van der Waals surface area contributed by atoms with E-state index >= 15 is 0 Å². The van der Waals surface area contributed by atoms with E-state index < -0.39 is 0 Å². The normalized spacial score (nSPS) is 11.0. The van der Waals surface area contributed by atoms with Crippen molar-refractivity contribution in [2.45, 2.75) is 19.8 Å². The van der Waals surface area contributed by atoms with Crippen LogP contribution < -0.4 is 16.0 Å². The van der Waals surface area contributed by atoms with Crippen LogP contribution in [0, 0.1) is 6.92 Å². The first-order valence-electron chi connectivity index (χ1n) is 9.86. The molecule has 0 saturated carbocycles. The highest BCUT2D eigenvalue weighted by molar-refractivity contribution is 14.0. The molecule has 0 saturated heterocycles. The van der Waals surface area contributed by atoms with Gasteiger partial charge in [0, 0.05) is 43.0 Å². The van der Waals surface area contributed by atoms with Gasteiger partial charge in [-0.05, 0) is 49.6 Å². The Hall–Kier alpha value is -1.98. The van der Waals surface area contributed by atoms with Gasteiger partial charge in [0.15, 0.2) is 5.96 Å². The average molecular weight is 570 g/mol. The summed E-state index contributed by atoms with van der Waals surface area (Å²) >= 11 is 3.47. The van der Waals surface area contributed by atoms with Crippen molar-refractivity contribution in [1.82, 2.24) is 20.9 Å². The zero-order valence-corrected chi connectivity index (χ0v) is 21.9. The van der Waals surface area contributed by atoms with E-state index in [2.05, 4.69) is 43.4 Å². The summed E-state index contributed by atoms with van der Waals surface area (Å²) < 4.78 is 0. The molecule has 9 heteroatoms. The van der Waals surface area contributed by atoms with Gasteiger partial charge in [-0.25, -0.2) is 4.98 Å². The molecule has 3 rings (SSSR count). The Morgan fingerprint density at radius 3 is 2.58 bits per heavy atom. The maximum absolute atomic E-state index is 11.8. The maximum atomic E-state index is 11.8. The number of carbonyl (C=O) groups is 1. The zero-order chi connectivity index (χ0) is 21.3. The van der Waals surface area contributed by atoms with Gasteiger partial charge in [-0.1, -0.05) is 12.1 Å². The molecule has 166 valence electrons. The molecular weight excluding hydrogens is 541 g/mol. The molecule has 2 aromatic heterocycles. The number of hydrogen-bond donors (Lipinski definition) is 3. The molecule has 0 atom stereocenters. The molecule has 31 heavy (non-hydrogen) atoms. The Morgan fingerprint density at radius 2 is 1.90 bits per heavy atom. The highest BCUT2D eigenvalue weighted by Crippen LogP contribution is 2.29. The summed E-state index contributed by atoms with van der Waals surface area (Å²) in [6.45, 7) is 3.58. The van der Waals surface area contributed by atoms with Crippen LogP contribution in [0.4, 0.5) is 0 Å². The van der Waals surface area contributed by atoms with E-state index in [1.807, 2.05) is 31.2 Å². The number of nitrogens with zero attached hydrogens (tertiary/aromatic N) is 2. The highest BCUT2D eigenvalue weighted by atomic mass is 127. The Morgan fingerprint density at radius 1 is 1.13 bits per heavy atom. The molecule has 0 unspecified atom stereocenters. The van der Waals surface area contributed by atoms with E-state index in [0.717, 1.165) is 48.2 Å². The number of amides is 1. The second-order valence-corrected chi connectivity index (χ2v) is 8.95. The van der Waals surface area contributed by atoms with Crippen LogP contribution >= 0.6 is 46.7 Å². The fraction of sp³-hybridized carbons (Fsp3) is 0.318. The Kier molecular flexibility index (Phi) is 10.4. The summed E-state index contributed by atoms with van der Waals surface area (Å²) in [6, 6.07) is 12.0. The third-order valence-corrected chi connectivity index (χ3v) is 6.48. The molecule has 1 aromatic carbocycles. The fourth-order valence-electron chi connectivity index (χ4n) is 2.99. The summed E-state index contributed by atoms with van der Waals surface area (Å²) in [7, 11) is 3.42. The molecule has 0 bridgehead atoms. The second kappa shape index (κ2) is 12.8. The predicted octanol–water partition coefficient (Wildman–Crippen LogP) is 4.11. The summed E-state index contributed by atoms with van der Waals surface area (Å²) in [6.07, 6.45) is 1.75. The van der Waals surface area contributed by atoms with Gasteiger partial charge in [0.1, 0.15) is 0 Å². The van der Waals surface area contributed by atoms with E-state index in [4.69, 9.17) is 0 Å². The fourth-order valence-corrected chi connectivity index (χ4v) is 4.64. The topological polar surface area (TPSA) is 78.4 Å². The number of thiazole rings is 1. The van der Waals surface area contributed by atoms with Crippen LogP contribution in [0.25, 0.3) is 10.6 Å². The highest BCUT2D eigenvalue weighted by Gasteiger charge is 2.07. The molecule has 3 N–H and O–H groups in total. The van der Waals surface area contributed by atoms with Crippen molar-refractivity contribution in [3.8, 4) is 10.6 Å². The van der Waals surface area contributed by atoms with Gasteiger partial charge < -0.3 is 16.0 Å². The lowest BCUT2D eigenvalue weighted by atomic mass is 10.1. The molecule has 3 aromatic rings. The number of halogens is 1. The monoisotopic (exact) mass is 569 g/mol. The summed E-state index contributed by atoms with van der Waals surface area (Å²) in [5, 5.41) is 12.6. The lowest BCUT2D eigenvalue weighted by Crippen LogP contribution is -2.39. The SMILES string of the molecule is CN=C(NCCc1cccc(C(=O)NC)c1)NCCc1ccc(-c2csc(C)n2)s1.I. The zero-order valence-electron chi connectivity index (χ0n) is 17.9. The van der Waals surface area contributed by atoms with Gasteiger partial charge in [-0.15, -0.1) is 46.7 Å². The summed E-state index contributed by atoms with van der Waals surface area (Å²) in [5.41, 5.74) is 2.86. The van der Waals surface area contributed by atoms with Crippen molar-refractivity contribution in [1.29, 1.82) is 0 Å². The standard InChI is InChI=1S/C22H27N5OS2.HI/c1-15-27-19(14-29-15)20-8-7-18(30-20)10-12-26-22(24-3)25-11-9-16-5-4-6-17(13-16)21(28)23-2;/h4-8,13-14H,9-12H2,1-3H3,(H,23,28)(H2,24,25,26);1H. The summed E-state index contributed by atoms with van der Waals surface area (Å²) in [4.78, 5) is 23.1. The van der Waals surface area contributed by atoms with Gasteiger partial charge in [0.25, 0.3) is 5.91 Å². The van der Waals surface area contributed by atoms with Crippen molar-refractivity contribution in [3.05, 3.63) is 62.8 Å². The Bertz CT molecular complexity index is 1010. The molecule has 1 amide bonds. The predicted molar refractivity (Wildman–Crippen MR) is 142 cm³/mol. The molecule has 0 aliphatic rings. The van der Waals surface area contributed by atoms with Gasteiger partial charge >= 0.3 is 0 Å². The van der Waals surface area contributed by atoms with Crippen molar-refractivity contribution in [2.24, 2.45) is 4.99 Å². The largest absolute Gasteiger partial charge is 0.356 e. The minimum Gasteiger partial charge on any atom is -0.356 e. The van der Waals surface area contributed by atoms with Crippen molar-refractivity contribution >= 4 is 58.5 Å². The van der Waals surface area contributed by atoms with Gasteiger partial charge in [-0.2, -0.15) is 0 Å². The molecule has 0 radical (unpaired) electrons. The van der Waals surface area contributed by atoms with Crippen LogP contribution in [0.15, 0.2) is 46.8 Å². The lowest BCUT2D eigenvalue weighted by molar-refractivity contribution is 0.0963. The van der Waals surface area contributed by atoms with Crippen LogP contribution in [0.3, 0.4) is 0 Å². The van der Waals surface area contributed by atoms with Gasteiger partial charge in [0.2, 0.25) is 0 Å². The van der Waals surface area contributed by atoms with Crippen LogP contribution in [-0.4, -0.2) is 44.0 Å². The minimum absolute atomic E-state index is 0. The minimum atomic E-state index is -0.0658. The molecule has 0 fully saturated rings. The summed E-state index contributed by atoms with van der Waals surface area (Å²) in [5.74, 6) is 0.716. The third kappa shape index (κ3) is 7.58. The first-order chi connectivity index (χ1) is 14.6. The average Bonchev–Trinajstić information content (AvgIpc) is 3.41. The van der Waals surface area contributed by atoms with E-state index in [1.165, 1.54) is 9.75 Å². The number of aryl methyl sites for hydroxylation is 1. The second-order valence-electron chi connectivity index (χ2n) is 6.72.